The molecule has 2 aromatic carbocycles. The van der Waals surface area contributed by atoms with E-state index in [1.807, 2.05) is 26.0 Å². The minimum Gasteiger partial charge on any atom is -0.322 e. The number of hydrogen-bond acceptors (Lipinski definition) is 5. The highest BCUT2D eigenvalue weighted by atomic mass is 32.2. The molecule has 0 radical (unpaired) electrons. The van der Waals surface area contributed by atoms with Crippen molar-refractivity contribution in [1.82, 2.24) is 9.97 Å². The van der Waals surface area contributed by atoms with Crippen molar-refractivity contribution in [2.45, 2.75) is 32.6 Å². The molecule has 0 spiro atoms. The monoisotopic (exact) mass is 410 g/mol. The molecule has 3 rings (SSSR count). The highest BCUT2D eigenvalue weighted by Crippen LogP contribution is 2.18. The summed E-state index contributed by atoms with van der Waals surface area (Å²) in [6.45, 7) is 7.36. The van der Waals surface area contributed by atoms with Crippen LogP contribution in [0.4, 0.5) is 11.6 Å². The molecule has 0 aliphatic heterocycles. The Labute approximate surface area is 170 Å². The molecule has 7 nitrogen and oxygen atoms in total. The Bertz CT molecular complexity index is 1150. The molecule has 0 saturated carbocycles. The predicted octanol–water partition coefficient (Wildman–Crippen LogP) is 3.76. The summed E-state index contributed by atoms with van der Waals surface area (Å²) in [5.74, 6) is -0.227. The van der Waals surface area contributed by atoms with E-state index in [9.17, 15) is 13.2 Å². The number of aromatic nitrogens is 2. The minimum absolute atomic E-state index is 0.0229. The van der Waals surface area contributed by atoms with Crippen molar-refractivity contribution in [2.75, 3.05) is 10.0 Å². The number of hydrogen-bond donors (Lipinski definition) is 2. The molecule has 8 heteroatoms. The number of benzene rings is 2. The Kier molecular flexibility index (Phi) is 5.65. The summed E-state index contributed by atoms with van der Waals surface area (Å²) in [6, 6.07) is 13.3. The number of nitrogens with zero attached hydrogens (tertiary/aromatic N) is 2. The fraction of sp³-hybridized carbons (Fsp3) is 0.190. The highest BCUT2D eigenvalue weighted by molar-refractivity contribution is 7.92. The van der Waals surface area contributed by atoms with Crippen LogP contribution in [-0.4, -0.2) is 24.3 Å². The molecular weight excluding hydrogens is 388 g/mol. The van der Waals surface area contributed by atoms with Crippen molar-refractivity contribution in [1.29, 1.82) is 0 Å². The first-order valence-corrected chi connectivity index (χ1v) is 10.5. The number of aryl methyl sites for hydroxylation is 4. The van der Waals surface area contributed by atoms with Crippen molar-refractivity contribution >= 4 is 27.6 Å². The second kappa shape index (κ2) is 8.00. The number of carbonyl (C=O) groups is 1. The fourth-order valence-corrected chi connectivity index (χ4v) is 3.88. The van der Waals surface area contributed by atoms with Gasteiger partial charge in [0, 0.05) is 22.6 Å². The van der Waals surface area contributed by atoms with Gasteiger partial charge in [-0.25, -0.2) is 23.1 Å². The van der Waals surface area contributed by atoms with Crippen LogP contribution in [0, 0.1) is 27.7 Å². The fourth-order valence-electron chi connectivity index (χ4n) is 2.93. The van der Waals surface area contributed by atoms with Gasteiger partial charge in [0.25, 0.3) is 15.9 Å². The zero-order valence-corrected chi connectivity index (χ0v) is 17.5. The predicted molar refractivity (Wildman–Crippen MR) is 113 cm³/mol. The lowest BCUT2D eigenvalue weighted by Crippen LogP contribution is -2.16. The van der Waals surface area contributed by atoms with E-state index < -0.39 is 10.0 Å². The molecule has 150 valence electrons. The van der Waals surface area contributed by atoms with Crippen molar-refractivity contribution in [3.63, 3.8) is 0 Å². The average molecular weight is 410 g/mol. The molecule has 1 amide bonds. The minimum atomic E-state index is -3.84. The van der Waals surface area contributed by atoms with Crippen LogP contribution in [0.25, 0.3) is 0 Å². The Balaban J connectivity index is 1.76. The molecule has 2 N–H and O–H groups in total. The van der Waals surface area contributed by atoms with E-state index in [0.717, 1.165) is 11.1 Å². The summed E-state index contributed by atoms with van der Waals surface area (Å²) in [5, 5.41) is 2.78. The Hall–Kier alpha value is -3.26. The molecule has 0 aliphatic rings. The van der Waals surface area contributed by atoms with Crippen LogP contribution in [0.15, 0.2) is 53.4 Å². The van der Waals surface area contributed by atoms with Gasteiger partial charge in [-0.1, -0.05) is 17.7 Å². The summed E-state index contributed by atoms with van der Waals surface area (Å²) in [7, 11) is -3.84. The normalized spacial score (nSPS) is 11.2. The summed E-state index contributed by atoms with van der Waals surface area (Å²) in [4.78, 5) is 20.7. The Morgan fingerprint density at radius 3 is 2.07 bits per heavy atom. The number of amides is 1. The topological polar surface area (TPSA) is 101 Å². The van der Waals surface area contributed by atoms with Crippen LogP contribution in [0.3, 0.4) is 0 Å². The molecule has 0 unspecified atom stereocenters. The van der Waals surface area contributed by atoms with Crippen LogP contribution in [0.5, 0.6) is 0 Å². The highest BCUT2D eigenvalue weighted by Gasteiger charge is 2.17. The van der Waals surface area contributed by atoms with Gasteiger partial charge in [0.15, 0.2) is 0 Å². The number of sulfonamides is 1. The van der Waals surface area contributed by atoms with Gasteiger partial charge >= 0.3 is 0 Å². The number of carbonyl (C=O) groups excluding carboxylic acids is 1. The van der Waals surface area contributed by atoms with Crippen molar-refractivity contribution < 1.29 is 13.2 Å². The van der Waals surface area contributed by atoms with Crippen LogP contribution in [-0.2, 0) is 10.0 Å². The third-order valence-corrected chi connectivity index (χ3v) is 5.60. The van der Waals surface area contributed by atoms with Gasteiger partial charge in [-0.2, -0.15) is 0 Å². The molecular formula is C21H22N4O3S. The first kappa shape index (κ1) is 20.5. The zero-order valence-electron chi connectivity index (χ0n) is 16.6. The second-order valence-corrected chi connectivity index (χ2v) is 8.56. The average Bonchev–Trinajstić information content (AvgIpc) is 2.60. The van der Waals surface area contributed by atoms with Crippen molar-refractivity contribution in [3.8, 4) is 0 Å². The van der Waals surface area contributed by atoms with Crippen LogP contribution in [0.1, 0.15) is 32.9 Å². The van der Waals surface area contributed by atoms with Crippen molar-refractivity contribution in [2.24, 2.45) is 0 Å². The molecule has 0 atom stereocenters. The Morgan fingerprint density at radius 2 is 1.48 bits per heavy atom. The molecule has 0 saturated heterocycles. The van der Waals surface area contributed by atoms with Gasteiger partial charge in [-0.15, -0.1) is 0 Å². The third-order valence-electron chi connectivity index (χ3n) is 4.26. The number of anilines is 2. The van der Waals surface area contributed by atoms with E-state index in [2.05, 4.69) is 20.0 Å². The van der Waals surface area contributed by atoms with Gasteiger partial charge in [-0.3, -0.25) is 4.79 Å². The molecule has 0 bridgehead atoms. The zero-order chi connectivity index (χ0) is 21.2. The lowest BCUT2D eigenvalue weighted by atomic mass is 10.1. The summed E-state index contributed by atoms with van der Waals surface area (Å²) in [5.41, 5.74) is 4.35. The van der Waals surface area contributed by atoms with E-state index >= 15 is 0 Å². The van der Waals surface area contributed by atoms with Crippen LogP contribution in [0.2, 0.25) is 0 Å². The van der Waals surface area contributed by atoms with Gasteiger partial charge in [-0.05, 0) is 69.7 Å². The second-order valence-electron chi connectivity index (χ2n) is 6.88. The largest absolute Gasteiger partial charge is 0.322 e. The standard InChI is InChI=1S/C21H22N4O3S/c1-13-5-10-19(14(2)11-13)20(26)24-17-6-8-18(9-7-17)29(27,28)25-21-22-15(3)12-16(4)23-21/h5-12H,1-4H3,(H,24,26)(H,22,23,25). The molecule has 0 aliphatic carbocycles. The Morgan fingerprint density at radius 1 is 0.862 bits per heavy atom. The summed E-state index contributed by atoms with van der Waals surface area (Å²) < 4.78 is 27.5. The smallest absolute Gasteiger partial charge is 0.264 e. The summed E-state index contributed by atoms with van der Waals surface area (Å²) in [6.07, 6.45) is 0. The first-order valence-electron chi connectivity index (χ1n) is 8.98. The van der Waals surface area contributed by atoms with Crippen LogP contribution < -0.4 is 10.0 Å². The lowest BCUT2D eigenvalue weighted by molar-refractivity contribution is 0.102. The van der Waals surface area contributed by atoms with E-state index in [1.165, 1.54) is 12.1 Å². The molecule has 1 heterocycles. The number of rotatable bonds is 5. The SMILES string of the molecule is Cc1ccc(C(=O)Nc2ccc(S(=O)(=O)Nc3nc(C)cc(C)n3)cc2)c(C)c1. The van der Waals surface area contributed by atoms with Crippen molar-refractivity contribution in [3.05, 3.63) is 76.6 Å². The van der Waals surface area contributed by atoms with E-state index in [4.69, 9.17) is 0 Å². The third kappa shape index (κ3) is 4.97. The molecule has 3 aromatic rings. The van der Waals surface area contributed by atoms with Crippen LogP contribution >= 0.6 is 0 Å². The maximum absolute atomic E-state index is 12.6. The molecule has 1 aromatic heterocycles. The van der Waals surface area contributed by atoms with E-state index in [-0.39, 0.29) is 16.8 Å². The number of nitrogens with one attached hydrogen (secondary N) is 2. The van der Waals surface area contributed by atoms with Gasteiger partial charge in [0.05, 0.1) is 4.90 Å². The molecule has 0 fully saturated rings. The van der Waals surface area contributed by atoms with Gasteiger partial charge in [0.1, 0.15) is 0 Å². The van der Waals surface area contributed by atoms with Gasteiger partial charge in [0.2, 0.25) is 5.95 Å². The first-order chi connectivity index (χ1) is 13.6. The van der Waals surface area contributed by atoms with Gasteiger partial charge < -0.3 is 5.32 Å². The maximum Gasteiger partial charge on any atom is 0.264 e. The maximum atomic E-state index is 12.6. The lowest BCUT2D eigenvalue weighted by Gasteiger charge is -2.10. The van der Waals surface area contributed by atoms with E-state index in [1.54, 1.807) is 38.1 Å². The molecule has 29 heavy (non-hydrogen) atoms. The van der Waals surface area contributed by atoms with E-state index in [0.29, 0.717) is 22.6 Å². The quantitative estimate of drug-likeness (QED) is 0.667. The summed E-state index contributed by atoms with van der Waals surface area (Å²) >= 11 is 0.